The number of nitrogens with one attached hydrogen (secondary N) is 1. The fraction of sp³-hybridized carbons (Fsp3) is 0.696. The van der Waals surface area contributed by atoms with Gasteiger partial charge in [0.2, 0.25) is 0 Å². The van der Waals surface area contributed by atoms with E-state index >= 15 is 0 Å². The molecule has 1 aliphatic carbocycles. The Kier molecular flexibility index (Phi) is 12.7. The zero-order valence-electron chi connectivity index (χ0n) is 17.5. The molecule has 1 radical (unpaired) electrons. The third-order valence-electron chi connectivity index (χ3n) is 5.36. The van der Waals surface area contributed by atoms with E-state index < -0.39 is 0 Å². The third kappa shape index (κ3) is 8.75. The maximum atomic E-state index is 12.4. The number of ether oxygens (including phenoxy) is 1. The predicted molar refractivity (Wildman–Crippen MR) is 107 cm³/mol. The summed E-state index contributed by atoms with van der Waals surface area (Å²) in [7, 11) is 0. The average molecular weight is 447 g/mol. The van der Waals surface area contributed by atoms with Crippen LogP contribution in [0.4, 0.5) is 0 Å². The number of aryl methyl sites for hydroxylation is 1. The Balaban J connectivity index is 0.00000364. The van der Waals surface area contributed by atoms with Crippen LogP contribution in [-0.2, 0) is 55.1 Å². The topological polar surface area (TPSA) is 38.3 Å². The molecule has 1 fully saturated rings. The van der Waals surface area contributed by atoms with Crippen molar-refractivity contribution in [1.82, 2.24) is 5.32 Å². The minimum Gasteiger partial charge on any atom is -0.465 e. The Morgan fingerprint density at radius 2 is 2.00 bits per heavy atom. The second kappa shape index (κ2) is 13.9. The molecule has 149 valence electrons. The Morgan fingerprint density at radius 1 is 1.26 bits per heavy atom. The third-order valence-corrected chi connectivity index (χ3v) is 5.36. The van der Waals surface area contributed by atoms with E-state index in [1.807, 2.05) is 13.0 Å². The molecule has 1 atom stereocenters. The van der Waals surface area contributed by atoms with Crippen molar-refractivity contribution in [2.45, 2.75) is 84.6 Å². The molecule has 0 heterocycles. The number of hydrogen-bond acceptors (Lipinski definition) is 3. The summed E-state index contributed by atoms with van der Waals surface area (Å²) in [5.74, 6) is 0.685. The largest absolute Gasteiger partial charge is 0.465 e. The molecule has 1 N–H and O–H groups in total. The van der Waals surface area contributed by atoms with Crippen molar-refractivity contribution >= 4 is 5.97 Å². The van der Waals surface area contributed by atoms with Crippen LogP contribution in [-0.4, -0.2) is 25.2 Å². The number of carbonyl (C=O) groups excluding carboxylic acids is 1. The van der Waals surface area contributed by atoms with Gasteiger partial charge in [-0.15, -0.1) is 0 Å². The molecule has 0 aliphatic heterocycles. The molecule has 0 spiro atoms. The number of hydrogen-bond donors (Lipinski definition) is 1. The van der Waals surface area contributed by atoms with Gasteiger partial charge >= 0.3 is 5.97 Å². The fourth-order valence-electron chi connectivity index (χ4n) is 3.80. The van der Waals surface area contributed by atoms with Crippen molar-refractivity contribution in [2.75, 3.05) is 13.2 Å². The number of rotatable bonds is 10. The molecule has 27 heavy (non-hydrogen) atoms. The molecule has 0 amide bonds. The van der Waals surface area contributed by atoms with E-state index in [0.29, 0.717) is 13.0 Å². The Labute approximate surface area is 191 Å². The predicted octanol–water partition coefficient (Wildman–Crippen LogP) is 4.78. The van der Waals surface area contributed by atoms with E-state index in [-0.39, 0.29) is 44.7 Å². The zero-order valence-corrected chi connectivity index (χ0v) is 20.3. The van der Waals surface area contributed by atoms with E-state index in [1.54, 1.807) is 0 Å². The van der Waals surface area contributed by atoms with E-state index in [2.05, 4.69) is 31.3 Å². The summed E-state index contributed by atoms with van der Waals surface area (Å²) in [5, 5.41) is 3.35. The van der Waals surface area contributed by atoms with Gasteiger partial charge in [0.25, 0.3) is 0 Å². The molecule has 0 bridgehead atoms. The van der Waals surface area contributed by atoms with Crippen LogP contribution in [0.25, 0.3) is 0 Å². The van der Waals surface area contributed by atoms with Crippen molar-refractivity contribution in [1.29, 1.82) is 0 Å². The molecule has 2 rings (SSSR count). The minimum atomic E-state index is -0.264. The number of carbonyl (C=O) groups is 1. The molecular weight excluding hydrogens is 411 g/mol. The van der Waals surface area contributed by atoms with Crippen molar-refractivity contribution in [3.05, 3.63) is 34.9 Å². The van der Waals surface area contributed by atoms with E-state index in [4.69, 9.17) is 4.74 Å². The second-order valence-corrected chi connectivity index (χ2v) is 7.74. The van der Waals surface area contributed by atoms with Gasteiger partial charge in [-0.25, -0.2) is 0 Å². The maximum Gasteiger partial charge on any atom is 0.322 e. The van der Waals surface area contributed by atoms with Crippen molar-refractivity contribution in [3.63, 3.8) is 0 Å². The maximum absolute atomic E-state index is 12.4. The van der Waals surface area contributed by atoms with Crippen LogP contribution >= 0.6 is 0 Å². The van der Waals surface area contributed by atoms with E-state index in [0.717, 1.165) is 31.7 Å². The minimum absolute atomic E-state index is 0. The van der Waals surface area contributed by atoms with Crippen LogP contribution in [0.2, 0.25) is 0 Å². The van der Waals surface area contributed by atoms with E-state index in [9.17, 15) is 4.79 Å². The molecule has 0 saturated heterocycles. The first-order chi connectivity index (χ1) is 12.6. The normalized spacial score (nSPS) is 15.8. The van der Waals surface area contributed by atoms with Gasteiger partial charge in [0.15, 0.2) is 0 Å². The first kappa shape index (κ1) is 24.8. The molecule has 4 heteroatoms. The first-order valence-electron chi connectivity index (χ1n) is 10.5. The quantitative estimate of drug-likeness (QED) is 0.415. The summed E-state index contributed by atoms with van der Waals surface area (Å²) in [5.41, 5.74) is 3.85. The van der Waals surface area contributed by atoms with Gasteiger partial charge in [0.05, 0.1) is 12.6 Å². The smallest absolute Gasteiger partial charge is 0.322 e. The summed E-state index contributed by atoms with van der Waals surface area (Å²) >= 11 is 0. The molecule has 1 saturated carbocycles. The van der Waals surface area contributed by atoms with Crippen molar-refractivity contribution in [3.8, 4) is 0 Å². The monoisotopic (exact) mass is 447 g/mol. The zero-order chi connectivity index (χ0) is 18.8. The van der Waals surface area contributed by atoms with Gasteiger partial charge in [-0.3, -0.25) is 4.79 Å². The summed E-state index contributed by atoms with van der Waals surface area (Å²) in [6, 6.07) is 7.51. The molecule has 3 nitrogen and oxygen atoms in total. The fourth-order valence-corrected chi connectivity index (χ4v) is 3.80. The van der Waals surface area contributed by atoms with Crippen LogP contribution in [0.3, 0.4) is 0 Å². The average Bonchev–Trinajstić information content (AvgIpc) is 2.66. The van der Waals surface area contributed by atoms with Crippen LogP contribution < -0.4 is 5.32 Å². The molecule has 1 aliphatic rings. The van der Waals surface area contributed by atoms with E-state index in [1.165, 1.54) is 48.8 Å². The summed E-state index contributed by atoms with van der Waals surface area (Å²) < 4.78 is 5.39. The standard InChI is InChI=1S/C23H36NO2.Y/c1-4-13-24-22(23(25)26-14-5-2)17-20-12-11-18(3)21(16-20)15-19-9-7-6-8-10-19;/h12,16,19,22,24H,4-10,13-15,17H2,1-3H3;/q-1;/t22-;/m0./s1. The Morgan fingerprint density at radius 3 is 2.67 bits per heavy atom. The van der Waals surface area contributed by atoms with Gasteiger partial charge in [0.1, 0.15) is 0 Å². The summed E-state index contributed by atoms with van der Waals surface area (Å²) in [6.45, 7) is 7.62. The van der Waals surface area contributed by atoms with Gasteiger partial charge in [-0.1, -0.05) is 59.3 Å². The first-order valence-corrected chi connectivity index (χ1v) is 10.5. The molecule has 0 aromatic heterocycles. The van der Waals surface area contributed by atoms with Crippen LogP contribution in [0.5, 0.6) is 0 Å². The van der Waals surface area contributed by atoms with Gasteiger partial charge in [0, 0.05) is 32.7 Å². The Hall–Kier alpha value is -0.246. The molecule has 1 aromatic rings. The summed E-state index contributed by atoms with van der Waals surface area (Å²) in [4.78, 5) is 12.4. The van der Waals surface area contributed by atoms with Crippen molar-refractivity contribution < 1.29 is 42.2 Å². The number of esters is 1. The van der Waals surface area contributed by atoms with Crippen LogP contribution in [0.15, 0.2) is 12.1 Å². The van der Waals surface area contributed by atoms with Crippen molar-refractivity contribution in [2.24, 2.45) is 5.92 Å². The van der Waals surface area contributed by atoms with Gasteiger partial charge in [-0.05, 0) is 31.7 Å². The molecule has 0 unspecified atom stereocenters. The number of benzene rings is 1. The molecule has 1 aromatic carbocycles. The SMILES string of the molecule is CCCN[C@@H](Cc1c[c-]c(C)c(CC2CCCCC2)c1)C(=O)OCCC.[Y]. The van der Waals surface area contributed by atoms with Gasteiger partial charge < -0.3 is 10.1 Å². The van der Waals surface area contributed by atoms with Gasteiger partial charge in [-0.2, -0.15) is 34.9 Å². The summed E-state index contributed by atoms with van der Waals surface area (Å²) in [6.07, 6.45) is 10.5. The van der Waals surface area contributed by atoms with Crippen LogP contribution in [0.1, 0.15) is 75.5 Å². The second-order valence-electron chi connectivity index (χ2n) is 7.74. The molecular formula is C23H36NO2Y-. The van der Waals surface area contributed by atoms with Crippen LogP contribution in [0, 0.1) is 18.9 Å². The Bertz CT molecular complexity index is 555.